The monoisotopic (exact) mass is 451 g/mol. The van der Waals surface area contributed by atoms with Gasteiger partial charge in [0, 0.05) is 23.8 Å². The van der Waals surface area contributed by atoms with E-state index in [1.165, 1.54) is 6.07 Å². The third-order valence-corrected chi connectivity index (χ3v) is 6.07. The molecule has 1 aromatic heterocycles. The zero-order valence-corrected chi connectivity index (χ0v) is 18.3. The Bertz CT molecular complexity index is 971. The fourth-order valence-corrected chi connectivity index (χ4v) is 4.48. The molecule has 32 heavy (non-hydrogen) atoms. The summed E-state index contributed by atoms with van der Waals surface area (Å²) in [5, 5.41) is 22.2. The van der Waals surface area contributed by atoms with Gasteiger partial charge >= 0.3 is 6.18 Å². The summed E-state index contributed by atoms with van der Waals surface area (Å²) in [5.74, 6) is 0.777. The first-order valence-electron chi connectivity index (χ1n) is 11.0. The number of benzene rings is 1. The number of aliphatic hydroxyl groups is 1. The van der Waals surface area contributed by atoms with Crippen molar-refractivity contribution < 1.29 is 27.8 Å². The van der Waals surface area contributed by atoms with Gasteiger partial charge in [0.05, 0.1) is 11.2 Å². The van der Waals surface area contributed by atoms with Crippen LogP contribution in [0.5, 0.6) is 5.75 Å². The van der Waals surface area contributed by atoms with E-state index in [1.54, 1.807) is 6.92 Å². The van der Waals surface area contributed by atoms with Gasteiger partial charge in [-0.2, -0.15) is 13.2 Å². The highest BCUT2D eigenvalue weighted by atomic mass is 19.4. The fraction of sp³-hybridized carbons (Fsp3) is 0.565. The Balaban J connectivity index is 1.71. The van der Waals surface area contributed by atoms with Crippen LogP contribution in [0.3, 0.4) is 0 Å². The molecule has 0 unspecified atom stereocenters. The molecule has 2 aromatic rings. The average molecular weight is 451 g/mol. The normalized spacial score (nSPS) is 22.8. The van der Waals surface area contributed by atoms with Crippen LogP contribution in [0.15, 0.2) is 18.2 Å². The minimum Gasteiger partial charge on any atom is -0.467 e. The highest BCUT2D eigenvalue weighted by Crippen LogP contribution is 2.41. The van der Waals surface area contributed by atoms with Gasteiger partial charge in [0.2, 0.25) is 0 Å². The Morgan fingerprint density at radius 2 is 1.88 bits per heavy atom. The van der Waals surface area contributed by atoms with Gasteiger partial charge in [-0.15, -0.1) is 10.2 Å². The number of hydrogen-bond acceptors (Lipinski definition) is 6. The number of alkyl halides is 3. The lowest BCUT2D eigenvalue weighted by Crippen LogP contribution is -2.48. The van der Waals surface area contributed by atoms with Gasteiger partial charge in [-0.1, -0.05) is 0 Å². The van der Waals surface area contributed by atoms with E-state index in [4.69, 9.17) is 9.47 Å². The van der Waals surface area contributed by atoms with Crippen molar-refractivity contribution in [3.63, 3.8) is 0 Å². The average Bonchev–Trinajstić information content (AvgIpc) is 2.72. The number of rotatable bonds is 7. The Labute approximate surface area is 185 Å². The maximum absolute atomic E-state index is 13.3. The van der Waals surface area contributed by atoms with Crippen LogP contribution < -0.4 is 10.1 Å². The van der Waals surface area contributed by atoms with E-state index in [0.717, 1.165) is 48.9 Å². The molecule has 0 amide bonds. The lowest BCUT2D eigenvalue weighted by molar-refractivity contribution is -0.137. The third-order valence-electron chi connectivity index (χ3n) is 6.07. The van der Waals surface area contributed by atoms with E-state index in [0.29, 0.717) is 36.5 Å². The van der Waals surface area contributed by atoms with Gasteiger partial charge in [0.25, 0.3) is 0 Å². The predicted octanol–water partition coefficient (Wildman–Crippen LogP) is 4.74. The fourth-order valence-electron chi connectivity index (χ4n) is 4.48. The Kier molecular flexibility index (Phi) is 6.31. The van der Waals surface area contributed by atoms with Gasteiger partial charge in [-0.25, -0.2) is 0 Å². The van der Waals surface area contributed by atoms with Crippen LogP contribution >= 0.6 is 0 Å². The molecule has 1 heterocycles. The summed E-state index contributed by atoms with van der Waals surface area (Å²) in [7, 11) is 0. The number of aromatic nitrogens is 2. The molecule has 0 aliphatic heterocycles. The van der Waals surface area contributed by atoms with Crippen LogP contribution in [0.1, 0.15) is 56.2 Å². The van der Waals surface area contributed by atoms with E-state index < -0.39 is 17.3 Å². The molecular formula is C23H28F3N3O3. The molecule has 0 spiro atoms. The van der Waals surface area contributed by atoms with Gasteiger partial charge in [-0.05, 0) is 76.1 Å². The van der Waals surface area contributed by atoms with Gasteiger partial charge < -0.3 is 19.9 Å². The summed E-state index contributed by atoms with van der Waals surface area (Å²) in [6.45, 7) is 3.83. The van der Waals surface area contributed by atoms with Crippen molar-refractivity contribution in [2.75, 3.05) is 18.7 Å². The molecule has 0 atom stereocenters. The molecule has 2 aliphatic rings. The first kappa shape index (κ1) is 22.8. The second-order valence-corrected chi connectivity index (χ2v) is 8.77. The minimum absolute atomic E-state index is 0.0751. The van der Waals surface area contributed by atoms with Crippen LogP contribution in [0.4, 0.5) is 19.0 Å². The number of halogens is 3. The first-order valence-corrected chi connectivity index (χ1v) is 11.0. The number of ether oxygens (including phenoxy) is 2. The van der Waals surface area contributed by atoms with Crippen LogP contribution in [-0.4, -0.2) is 40.3 Å². The molecule has 1 saturated carbocycles. The molecule has 4 rings (SSSR count). The smallest absolute Gasteiger partial charge is 0.416 e. The van der Waals surface area contributed by atoms with Crippen LogP contribution in [0.25, 0.3) is 11.3 Å². The predicted molar refractivity (Wildman–Crippen MR) is 114 cm³/mol. The van der Waals surface area contributed by atoms with Crippen LogP contribution in [0, 0.1) is 0 Å². The molecule has 6 nitrogen and oxygen atoms in total. The number of nitrogens with zero attached hydrogens (tertiary/aromatic N) is 2. The molecule has 9 heteroatoms. The minimum atomic E-state index is -4.48. The number of fused-ring (bicyclic) bond motifs is 1. The maximum atomic E-state index is 13.3. The van der Waals surface area contributed by atoms with Crippen LogP contribution in [-0.2, 0) is 23.8 Å². The van der Waals surface area contributed by atoms with E-state index in [2.05, 4.69) is 15.5 Å². The SMILES string of the molecule is CCOCOc1cc(C(F)(F)F)ccc1-c1nnc(NC2CC(C)(O)C2)c2c1CCCC2. The number of anilines is 1. The van der Waals surface area contributed by atoms with Crippen molar-refractivity contribution >= 4 is 5.82 Å². The third kappa shape index (κ3) is 4.83. The summed E-state index contributed by atoms with van der Waals surface area (Å²) in [5.41, 5.74) is 1.61. The van der Waals surface area contributed by atoms with E-state index in [9.17, 15) is 18.3 Å². The van der Waals surface area contributed by atoms with Crippen molar-refractivity contribution in [1.29, 1.82) is 0 Å². The number of hydrogen-bond donors (Lipinski definition) is 2. The maximum Gasteiger partial charge on any atom is 0.416 e. The Hall–Kier alpha value is -2.39. The summed E-state index contributed by atoms with van der Waals surface area (Å²) in [6.07, 6.45) is 0.362. The van der Waals surface area contributed by atoms with Crippen molar-refractivity contribution in [2.45, 2.75) is 70.2 Å². The molecule has 0 bridgehead atoms. The van der Waals surface area contributed by atoms with E-state index in [-0.39, 0.29) is 18.6 Å². The summed E-state index contributed by atoms with van der Waals surface area (Å²) < 4.78 is 50.6. The van der Waals surface area contributed by atoms with Crippen LogP contribution in [0.2, 0.25) is 0 Å². The standard InChI is InChI=1S/C23H28F3N3O3/c1-3-31-13-32-19-10-14(23(24,25)26)8-9-18(19)20-16-6-4-5-7-17(16)21(29-28-20)27-15-11-22(2,30)12-15/h8-10,15,30H,3-7,11-13H2,1-2H3,(H,27,29). The van der Waals surface area contributed by atoms with E-state index in [1.807, 2.05) is 6.92 Å². The zero-order valence-electron chi connectivity index (χ0n) is 18.3. The summed E-state index contributed by atoms with van der Waals surface area (Å²) >= 11 is 0. The Morgan fingerprint density at radius 3 is 2.53 bits per heavy atom. The van der Waals surface area contributed by atoms with Gasteiger partial charge in [0.1, 0.15) is 11.4 Å². The van der Waals surface area contributed by atoms with Crippen molar-refractivity contribution in [3.05, 3.63) is 34.9 Å². The van der Waals surface area contributed by atoms with E-state index >= 15 is 0 Å². The second kappa shape index (κ2) is 8.86. The zero-order chi connectivity index (χ0) is 22.9. The molecule has 2 aliphatic carbocycles. The Morgan fingerprint density at radius 1 is 1.16 bits per heavy atom. The molecular weight excluding hydrogens is 423 g/mol. The van der Waals surface area contributed by atoms with Crippen molar-refractivity contribution in [3.8, 4) is 17.0 Å². The van der Waals surface area contributed by atoms with Gasteiger partial charge in [0.15, 0.2) is 12.6 Å². The van der Waals surface area contributed by atoms with Gasteiger partial charge in [-0.3, -0.25) is 0 Å². The molecule has 2 N–H and O–H groups in total. The lowest BCUT2D eigenvalue weighted by Gasteiger charge is -2.41. The molecule has 0 saturated heterocycles. The molecule has 174 valence electrons. The quantitative estimate of drug-likeness (QED) is 0.468. The topological polar surface area (TPSA) is 76.5 Å². The largest absolute Gasteiger partial charge is 0.467 e. The summed E-state index contributed by atoms with van der Waals surface area (Å²) in [6, 6.07) is 3.57. The highest BCUT2D eigenvalue weighted by Gasteiger charge is 2.39. The van der Waals surface area contributed by atoms with Crippen molar-refractivity contribution in [1.82, 2.24) is 10.2 Å². The number of nitrogens with one attached hydrogen (secondary N) is 1. The summed E-state index contributed by atoms with van der Waals surface area (Å²) in [4.78, 5) is 0. The molecule has 1 fully saturated rings. The first-order chi connectivity index (χ1) is 15.2. The lowest BCUT2D eigenvalue weighted by atomic mass is 9.77. The second-order valence-electron chi connectivity index (χ2n) is 8.77. The highest BCUT2D eigenvalue weighted by molar-refractivity contribution is 5.73. The molecule has 0 radical (unpaired) electrons. The molecule has 1 aromatic carbocycles. The van der Waals surface area contributed by atoms with Crippen molar-refractivity contribution in [2.24, 2.45) is 0 Å².